The van der Waals surface area contributed by atoms with Crippen molar-refractivity contribution in [3.05, 3.63) is 46.5 Å². The third-order valence-electron chi connectivity index (χ3n) is 6.74. The van der Waals surface area contributed by atoms with Crippen LogP contribution < -0.4 is 12.4 Å². The second kappa shape index (κ2) is 17.4. The Bertz CT molecular complexity index is 699. The number of esters is 1. The summed E-state index contributed by atoms with van der Waals surface area (Å²) in [6, 6.07) is 8.05. The molecule has 0 spiro atoms. The van der Waals surface area contributed by atoms with Gasteiger partial charge < -0.3 is 21.6 Å². The van der Waals surface area contributed by atoms with Gasteiger partial charge in [0.15, 0.2) is 6.54 Å². The third-order valence-corrected chi connectivity index (χ3v) is 7.11. The minimum atomic E-state index is -0.0213. The Labute approximate surface area is 213 Å². The number of nitrogens with zero attached hydrogens (tertiary/aromatic N) is 1. The lowest BCUT2D eigenvalue weighted by Gasteiger charge is -2.40. The minimum Gasteiger partial charge on any atom is -1.00 e. The Morgan fingerprint density at radius 1 is 1.00 bits per heavy atom. The Kier molecular flexibility index (Phi) is 15.8. The standard InChI is InChI=1S/C28H45ClNO2.ClH/c1-3-4-5-6-7-8-9-15-22-32-28(31)24-30(19-13-10-14-20-30)21-18-25(2)23-26-16-11-12-17-27(26)29;/h11-12,16-18H,3-10,13-15,19-24H2,1-2H3;1H/q+1;/p-1/b25-18-;. The van der Waals surface area contributed by atoms with Crippen LogP contribution in [0.5, 0.6) is 0 Å². The lowest BCUT2D eigenvalue weighted by Crippen LogP contribution is -3.00. The predicted molar refractivity (Wildman–Crippen MR) is 136 cm³/mol. The van der Waals surface area contributed by atoms with Crippen LogP contribution in [0.15, 0.2) is 35.9 Å². The lowest BCUT2D eigenvalue weighted by atomic mass is 10.0. The molecule has 0 aliphatic carbocycles. The van der Waals surface area contributed by atoms with Crippen molar-refractivity contribution in [2.75, 3.05) is 32.8 Å². The van der Waals surface area contributed by atoms with Gasteiger partial charge in [0.05, 0.1) is 26.2 Å². The number of unbranched alkanes of at least 4 members (excludes halogenated alkanes) is 7. The maximum atomic E-state index is 12.6. The van der Waals surface area contributed by atoms with E-state index in [0.29, 0.717) is 13.2 Å². The number of hydrogen-bond acceptors (Lipinski definition) is 2. The summed E-state index contributed by atoms with van der Waals surface area (Å²) >= 11 is 6.33. The molecule has 5 heteroatoms. The summed E-state index contributed by atoms with van der Waals surface area (Å²) < 4.78 is 6.48. The average Bonchev–Trinajstić information content (AvgIpc) is 2.79. The first-order chi connectivity index (χ1) is 15.5. The monoisotopic (exact) mass is 497 g/mol. The van der Waals surface area contributed by atoms with E-state index in [1.165, 1.54) is 69.8 Å². The van der Waals surface area contributed by atoms with E-state index >= 15 is 0 Å². The maximum absolute atomic E-state index is 12.6. The molecule has 1 aliphatic heterocycles. The van der Waals surface area contributed by atoms with Crippen LogP contribution in [-0.4, -0.2) is 43.2 Å². The maximum Gasteiger partial charge on any atom is 0.361 e. The van der Waals surface area contributed by atoms with Gasteiger partial charge in [-0.25, -0.2) is 4.79 Å². The number of likely N-dealkylation sites (tertiary alicyclic amines) is 1. The highest BCUT2D eigenvalue weighted by atomic mass is 35.5. The van der Waals surface area contributed by atoms with Gasteiger partial charge in [-0.3, -0.25) is 0 Å². The first kappa shape index (κ1) is 30.0. The van der Waals surface area contributed by atoms with E-state index in [9.17, 15) is 4.79 Å². The van der Waals surface area contributed by atoms with Crippen molar-refractivity contribution in [2.24, 2.45) is 0 Å². The molecule has 0 bridgehead atoms. The van der Waals surface area contributed by atoms with Crippen LogP contribution in [0.4, 0.5) is 0 Å². The fraction of sp³-hybridized carbons (Fsp3) is 0.679. The van der Waals surface area contributed by atoms with Gasteiger partial charge in [0.2, 0.25) is 0 Å². The van der Waals surface area contributed by atoms with Gasteiger partial charge >= 0.3 is 5.97 Å². The zero-order valence-corrected chi connectivity index (χ0v) is 22.4. The van der Waals surface area contributed by atoms with E-state index < -0.39 is 0 Å². The minimum absolute atomic E-state index is 0. The Morgan fingerprint density at radius 3 is 2.30 bits per heavy atom. The van der Waals surface area contributed by atoms with Crippen LogP contribution in [0, 0.1) is 0 Å². The summed E-state index contributed by atoms with van der Waals surface area (Å²) in [6.45, 7) is 8.56. The van der Waals surface area contributed by atoms with Gasteiger partial charge in [-0.1, -0.05) is 87.2 Å². The zero-order valence-electron chi connectivity index (χ0n) is 20.9. The van der Waals surface area contributed by atoms with Crippen molar-refractivity contribution in [1.29, 1.82) is 0 Å². The molecule has 0 saturated carbocycles. The number of carbonyl (C=O) groups excluding carboxylic acids is 1. The third kappa shape index (κ3) is 12.3. The van der Waals surface area contributed by atoms with Crippen LogP contribution in [0.2, 0.25) is 5.02 Å². The molecular formula is C28H45Cl2NO2. The summed E-state index contributed by atoms with van der Waals surface area (Å²) in [7, 11) is 0. The van der Waals surface area contributed by atoms with E-state index in [4.69, 9.17) is 16.3 Å². The topological polar surface area (TPSA) is 26.3 Å². The van der Waals surface area contributed by atoms with Gasteiger partial charge in [-0.15, -0.1) is 0 Å². The number of halogens is 2. The van der Waals surface area contributed by atoms with Crippen molar-refractivity contribution >= 4 is 17.6 Å². The van der Waals surface area contributed by atoms with Crippen molar-refractivity contribution in [1.82, 2.24) is 0 Å². The number of rotatable bonds is 15. The van der Waals surface area contributed by atoms with E-state index in [1.807, 2.05) is 18.2 Å². The van der Waals surface area contributed by atoms with Gasteiger partial charge in [-0.2, -0.15) is 0 Å². The lowest BCUT2D eigenvalue weighted by molar-refractivity contribution is -0.920. The number of ether oxygens (including phenoxy) is 1. The number of carbonyl (C=O) groups is 1. The largest absolute Gasteiger partial charge is 1.00 e. The molecule has 2 rings (SSSR count). The number of piperidine rings is 1. The Morgan fingerprint density at radius 2 is 1.64 bits per heavy atom. The molecule has 0 unspecified atom stereocenters. The summed E-state index contributed by atoms with van der Waals surface area (Å²) in [4.78, 5) is 12.6. The molecule has 188 valence electrons. The molecule has 0 amide bonds. The molecule has 1 aromatic carbocycles. The molecule has 33 heavy (non-hydrogen) atoms. The van der Waals surface area contributed by atoms with E-state index in [2.05, 4.69) is 26.0 Å². The second-order valence-electron chi connectivity index (χ2n) is 9.70. The number of allylic oxidation sites excluding steroid dienone is 1. The molecule has 1 aromatic rings. The quantitative estimate of drug-likeness (QED) is 0.154. The Hall–Kier alpha value is -1.03. The molecule has 0 N–H and O–H groups in total. The second-order valence-corrected chi connectivity index (χ2v) is 10.1. The fourth-order valence-electron chi connectivity index (χ4n) is 4.69. The van der Waals surface area contributed by atoms with Gasteiger partial charge in [0.25, 0.3) is 0 Å². The molecule has 1 heterocycles. The Balaban J connectivity index is 0.00000544. The molecule has 1 fully saturated rings. The molecule has 0 aromatic heterocycles. The first-order valence-electron chi connectivity index (χ1n) is 12.9. The number of hydrogen-bond donors (Lipinski definition) is 0. The molecule has 1 saturated heterocycles. The van der Waals surface area contributed by atoms with Crippen molar-refractivity contribution < 1.29 is 26.4 Å². The normalized spacial score (nSPS) is 15.7. The molecule has 3 nitrogen and oxygen atoms in total. The summed E-state index contributed by atoms with van der Waals surface area (Å²) in [6.07, 6.45) is 16.9. The SMILES string of the molecule is CCCCCCCCCCOC(=O)C[N+]1(C/C=C(/C)Cc2ccccc2Cl)CCCCC1.[Cl-]. The molecule has 0 atom stereocenters. The summed E-state index contributed by atoms with van der Waals surface area (Å²) in [5, 5.41) is 0.826. The van der Waals surface area contributed by atoms with E-state index in [1.54, 1.807) is 0 Å². The molecule has 1 aliphatic rings. The van der Waals surface area contributed by atoms with Crippen LogP contribution in [-0.2, 0) is 16.0 Å². The van der Waals surface area contributed by atoms with Crippen LogP contribution in [0.1, 0.15) is 90.0 Å². The van der Waals surface area contributed by atoms with Gasteiger partial charge in [0, 0.05) is 5.02 Å². The number of benzene rings is 1. The molecule has 0 radical (unpaired) electrons. The van der Waals surface area contributed by atoms with E-state index in [0.717, 1.165) is 47.5 Å². The highest BCUT2D eigenvalue weighted by Gasteiger charge is 2.32. The summed E-state index contributed by atoms with van der Waals surface area (Å²) in [5.41, 5.74) is 2.48. The van der Waals surface area contributed by atoms with Crippen molar-refractivity contribution in [3.63, 3.8) is 0 Å². The summed E-state index contributed by atoms with van der Waals surface area (Å²) in [5.74, 6) is -0.0213. The van der Waals surface area contributed by atoms with Crippen molar-refractivity contribution in [2.45, 2.75) is 90.9 Å². The van der Waals surface area contributed by atoms with Gasteiger partial charge in [-0.05, 0) is 56.7 Å². The zero-order chi connectivity index (χ0) is 23.1. The fourth-order valence-corrected chi connectivity index (χ4v) is 4.90. The number of quaternary nitrogens is 1. The average molecular weight is 499 g/mol. The smallest absolute Gasteiger partial charge is 0.361 e. The molecular weight excluding hydrogens is 453 g/mol. The van der Waals surface area contributed by atoms with Gasteiger partial charge in [0.1, 0.15) is 0 Å². The highest BCUT2D eigenvalue weighted by molar-refractivity contribution is 6.31. The highest BCUT2D eigenvalue weighted by Crippen LogP contribution is 2.22. The predicted octanol–water partition coefficient (Wildman–Crippen LogP) is 4.52. The van der Waals surface area contributed by atoms with Crippen LogP contribution in [0.25, 0.3) is 0 Å². The van der Waals surface area contributed by atoms with Crippen molar-refractivity contribution in [3.8, 4) is 0 Å². The van der Waals surface area contributed by atoms with E-state index in [-0.39, 0.29) is 18.4 Å². The van der Waals surface area contributed by atoms with Crippen LogP contribution >= 0.6 is 11.6 Å². The first-order valence-corrected chi connectivity index (χ1v) is 13.3. The van der Waals surface area contributed by atoms with Crippen LogP contribution in [0.3, 0.4) is 0 Å².